The fourth-order valence-electron chi connectivity index (χ4n) is 4.24. The standard InChI is InChI=1S/C31H38ClN3O4S/c1-6-24(4)33-31(37)25(5)34(19-18-26-10-8-7-9-11-26)30(36)21-35(29-20-27(32)15-14-23(29)3)40(38,39)28-16-12-22(2)13-17-28/h7-17,20,24-25H,6,18-19,21H2,1-5H3,(H,33,37)/t24-,25-/m1/s1. The summed E-state index contributed by atoms with van der Waals surface area (Å²) >= 11 is 6.28. The summed E-state index contributed by atoms with van der Waals surface area (Å²) in [6.07, 6.45) is 1.25. The minimum absolute atomic E-state index is 0.0590. The molecule has 2 atom stereocenters. The van der Waals surface area contributed by atoms with Gasteiger partial charge in [0.15, 0.2) is 0 Å². The topological polar surface area (TPSA) is 86.8 Å². The number of carbonyl (C=O) groups is 2. The highest BCUT2D eigenvalue weighted by molar-refractivity contribution is 7.92. The lowest BCUT2D eigenvalue weighted by Gasteiger charge is -2.33. The van der Waals surface area contributed by atoms with Crippen LogP contribution < -0.4 is 9.62 Å². The molecule has 0 aliphatic heterocycles. The van der Waals surface area contributed by atoms with Gasteiger partial charge in [-0.3, -0.25) is 13.9 Å². The average molecular weight is 584 g/mol. The molecule has 0 fully saturated rings. The van der Waals surface area contributed by atoms with Gasteiger partial charge in [-0.2, -0.15) is 0 Å². The van der Waals surface area contributed by atoms with E-state index in [1.807, 2.05) is 51.1 Å². The monoisotopic (exact) mass is 583 g/mol. The van der Waals surface area contributed by atoms with Crippen LogP contribution >= 0.6 is 11.6 Å². The minimum atomic E-state index is -4.15. The van der Waals surface area contributed by atoms with Gasteiger partial charge in [0.25, 0.3) is 10.0 Å². The van der Waals surface area contributed by atoms with Gasteiger partial charge in [0.2, 0.25) is 11.8 Å². The highest BCUT2D eigenvalue weighted by Gasteiger charge is 2.33. The molecule has 0 radical (unpaired) electrons. The lowest BCUT2D eigenvalue weighted by Crippen LogP contribution is -2.53. The van der Waals surface area contributed by atoms with Gasteiger partial charge < -0.3 is 10.2 Å². The molecule has 214 valence electrons. The first-order valence-corrected chi connectivity index (χ1v) is 15.2. The van der Waals surface area contributed by atoms with Gasteiger partial charge >= 0.3 is 0 Å². The van der Waals surface area contributed by atoms with Crippen LogP contribution in [0.25, 0.3) is 0 Å². The number of sulfonamides is 1. The van der Waals surface area contributed by atoms with Crippen LogP contribution in [0.1, 0.15) is 43.9 Å². The average Bonchev–Trinajstić information content (AvgIpc) is 2.93. The van der Waals surface area contributed by atoms with Gasteiger partial charge in [-0.05, 0) is 75.9 Å². The lowest BCUT2D eigenvalue weighted by molar-refractivity contribution is -0.139. The number of nitrogens with zero attached hydrogens (tertiary/aromatic N) is 2. The summed E-state index contributed by atoms with van der Waals surface area (Å²) in [5, 5.41) is 3.29. The first-order chi connectivity index (χ1) is 18.9. The van der Waals surface area contributed by atoms with Gasteiger partial charge in [0.1, 0.15) is 12.6 Å². The molecule has 0 aliphatic carbocycles. The van der Waals surface area contributed by atoms with E-state index in [-0.39, 0.29) is 23.4 Å². The number of anilines is 1. The summed E-state index contributed by atoms with van der Waals surface area (Å²) in [5.74, 6) is -0.777. The third kappa shape index (κ3) is 7.86. The molecule has 0 unspecified atom stereocenters. The molecule has 0 aromatic heterocycles. The van der Waals surface area contributed by atoms with Crippen molar-refractivity contribution in [3.8, 4) is 0 Å². The molecule has 7 nitrogen and oxygen atoms in total. The molecule has 9 heteroatoms. The summed E-state index contributed by atoms with van der Waals surface area (Å²) < 4.78 is 29.0. The Balaban J connectivity index is 2.01. The number of aryl methyl sites for hydroxylation is 2. The van der Waals surface area contributed by atoms with Crippen molar-refractivity contribution in [2.45, 2.75) is 64.4 Å². The first kappa shape index (κ1) is 31.2. The van der Waals surface area contributed by atoms with Gasteiger partial charge in [-0.1, -0.05) is 72.6 Å². The maximum absolute atomic E-state index is 14.0. The number of benzene rings is 3. The van der Waals surface area contributed by atoms with E-state index in [1.165, 1.54) is 17.0 Å². The Morgan fingerprint density at radius 1 is 0.950 bits per heavy atom. The molecule has 0 saturated heterocycles. The smallest absolute Gasteiger partial charge is 0.264 e. The van der Waals surface area contributed by atoms with E-state index in [0.717, 1.165) is 21.9 Å². The zero-order valence-electron chi connectivity index (χ0n) is 23.7. The Morgan fingerprint density at radius 3 is 2.23 bits per heavy atom. The maximum Gasteiger partial charge on any atom is 0.264 e. The van der Waals surface area contributed by atoms with E-state index in [9.17, 15) is 18.0 Å². The third-order valence-electron chi connectivity index (χ3n) is 6.98. The number of amides is 2. The van der Waals surface area contributed by atoms with Crippen molar-refractivity contribution in [2.75, 3.05) is 17.4 Å². The maximum atomic E-state index is 14.0. The van der Waals surface area contributed by atoms with Crippen molar-refractivity contribution in [1.29, 1.82) is 0 Å². The molecule has 0 bridgehead atoms. The van der Waals surface area contributed by atoms with Crippen molar-refractivity contribution in [2.24, 2.45) is 0 Å². The molecule has 0 heterocycles. The van der Waals surface area contributed by atoms with E-state index < -0.39 is 28.5 Å². The molecule has 3 aromatic carbocycles. The molecule has 0 saturated carbocycles. The number of hydrogen-bond donors (Lipinski definition) is 1. The number of carbonyl (C=O) groups excluding carboxylic acids is 2. The fourth-order valence-corrected chi connectivity index (χ4v) is 5.87. The highest BCUT2D eigenvalue weighted by Crippen LogP contribution is 2.30. The first-order valence-electron chi connectivity index (χ1n) is 13.4. The number of rotatable bonds is 12. The van der Waals surface area contributed by atoms with Crippen LogP contribution in [0, 0.1) is 13.8 Å². The van der Waals surface area contributed by atoms with Crippen molar-refractivity contribution in [1.82, 2.24) is 10.2 Å². The summed E-state index contributed by atoms with van der Waals surface area (Å²) in [6, 6.07) is 20.2. The lowest BCUT2D eigenvalue weighted by atomic mass is 10.1. The second kappa shape index (κ2) is 13.8. The van der Waals surface area contributed by atoms with Crippen molar-refractivity contribution in [3.63, 3.8) is 0 Å². The molecule has 3 rings (SSSR count). The zero-order chi connectivity index (χ0) is 29.4. The third-order valence-corrected chi connectivity index (χ3v) is 8.99. The Bertz CT molecular complexity index is 1410. The van der Waals surface area contributed by atoms with E-state index >= 15 is 0 Å². The Kier molecular flexibility index (Phi) is 10.8. The second-order valence-electron chi connectivity index (χ2n) is 10.1. The predicted molar refractivity (Wildman–Crippen MR) is 161 cm³/mol. The van der Waals surface area contributed by atoms with Crippen LogP contribution in [0.3, 0.4) is 0 Å². The zero-order valence-corrected chi connectivity index (χ0v) is 25.3. The predicted octanol–water partition coefficient (Wildman–Crippen LogP) is 5.53. The van der Waals surface area contributed by atoms with Crippen LogP contribution in [0.4, 0.5) is 5.69 Å². The van der Waals surface area contributed by atoms with Gasteiger partial charge in [-0.15, -0.1) is 0 Å². The summed E-state index contributed by atoms with van der Waals surface area (Å²) in [7, 11) is -4.15. The van der Waals surface area contributed by atoms with E-state index in [1.54, 1.807) is 44.2 Å². The van der Waals surface area contributed by atoms with Gasteiger partial charge in [-0.25, -0.2) is 8.42 Å². The summed E-state index contributed by atoms with van der Waals surface area (Å²) in [6.45, 7) is 8.92. The second-order valence-corrected chi connectivity index (χ2v) is 12.4. The van der Waals surface area contributed by atoms with Gasteiger partial charge in [0, 0.05) is 17.6 Å². The normalized spacial score (nSPS) is 12.8. The van der Waals surface area contributed by atoms with Crippen LogP contribution in [0.15, 0.2) is 77.7 Å². The minimum Gasteiger partial charge on any atom is -0.352 e. The van der Waals surface area contributed by atoms with Crippen LogP contribution in [0.5, 0.6) is 0 Å². The molecule has 3 aromatic rings. The Morgan fingerprint density at radius 2 is 1.60 bits per heavy atom. The molecule has 1 N–H and O–H groups in total. The fraction of sp³-hybridized carbons (Fsp3) is 0.355. The number of hydrogen-bond acceptors (Lipinski definition) is 4. The Labute approximate surface area is 243 Å². The Hall–Kier alpha value is -3.36. The molecule has 2 amide bonds. The van der Waals surface area contributed by atoms with E-state index in [2.05, 4.69) is 5.32 Å². The SMILES string of the molecule is CC[C@@H](C)NC(=O)[C@@H](C)N(CCc1ccccc1)C(=O)CN(c1cc(Cl)ccc1C)S(=O)(=O)c1ccc(C)cc1. The molecule has 0 aliphatic rings. The summed E-state index contributed by atoms with van der Waals surface area (Å²) in [4.78, 5) is 28.6. The van der Waals surface area contributed by atoms with Crippen LogP contribution in [0.2, 0.25) is 5.02 Å². The van der Waals surface area contributed by atoms with Crippen LogP contribution in [-0.2, 0) is 26.0 Å². The van der Waals surface area contributed by atoms with Crippen molar-refractivity contribution >= 4 is 39.1 Å². The van der Waals surface area contributed by atoms with Gasteiger partial charge in [0.05, 0.1) is 10.6 Å². The van der Waals surface area contributed by atoms with Crippen molar-refractivity contribution < 1.29 is 18.0 Å². The highest BCUT2D eigenvalue weighted by atomic mass is 35.5. The number of halogens is 1. The van der Waals surface area contributed by atoms with E-state index in [0.29, 0.717) is 22.7 Å². The molecule has 40 heavy (non-hydrogen) atoms. The van der Waals surface area contributed by atoms with Crippen molar-refractivity contribution in [3.05, 3.63) is 94.5 Å². The van der Waals surface area contributed by atoms with Crippen LogP contribution in [-0.4, -0.2) is 50.3 Å². The largest absolute Gasteiger partial charge is 0.352 e. The van der Waals surface area contributed by atoms with E-state index in [4.69, 9.17) is 11.6 Å². The molecule has 0 spiro atoms. The molecular weight excluding hydrogens is 546 g/mol. The number of nitrogens with one attached hydrogen (secondary N) is 1. The summed E-state index contributed by atoms with van der Waals surface area (Å²) in [5.41, 5.74) is 2.87. The quantitative estimate of drug-likeness (QED) is 0.304. The molecular formula is C31H38ClN3O4S.